The van der Waals surface area contributed by atoms with Crippen molar-refractivity contribution < 1.29 is 24.2 Å². The van der Waals surface area contributed by atoms with Crippen LogP contribution in [0, 0.1) is 6.92 Å². The number of carboxylic acid groups (broad SMARTS) is 1. The van der Waals surface area contributed by atoms with Crippen molar-refractivity contribution >= 4 is 23.2 Å². The van der Waals surface area contributed by atoms with E-state index in [-0.39, 0.29) is 24.7 Å². The zero-order valence-corrected chi connectivity index (χ0v) is 11.9. The van der Waals surface area contributed by atoms with Gasteiger partial charge in [0.2, 0.25) is 0 Å². The number of hydrogen-bond acceptors (Lipinski definition) is 5. The first-order valence-corrected chi connectivity index (χ1v) is 7.22. The molecule has 2 heterocycles. The van der Waals surface area contributed by atoms with Crippen LogP contribution in [0.3, 0.4) is 0 Å². The van der Waals surface area contributed by atoms with E-state index in [1.807, 2.05) is 18.4 Å². The Morgan fingerprint density at radius 1 is 1.60 bits per heavy atom. The molecule has 1 fully saturated rings. The Morgan fingerprint density at radius 3 is 3.05 bits per heavy atom. The number of thiophene rings is 1. The number of rotatable bonds is 5. The van der Waals surface area contributed by atoms with Crippen LogP contribution in [0.4, 0.5) is 0 Å². The van der Waals surface area contributed by atoms with Gasteiger partial charge in [-0.2, -0.15) is 0 Å². The molecule has 1 aromatic rings. The van der Waals surface area contributed by atoms with Crippen LogP contribution in [0.5, 0.6) is 0 Å². The van der Waals surface area contributed by atoms with Crippen molar-refractivity contribution in [3.05, 3.63) is 21.9 Å². The van der Waals surface area contributed by atoms with Crippen LogP contribution in [-0.4, -0.2) is 48.9 Å². The van der Waals surface area contributed by atoms with Gasteiger partial charge in [0.25, 0.3) is 5.91 Å². The van der Waals surface area contributed by atoms with Gasteiger partial charge in [0.15, 0.2) is 0 Å². The maximum atomic E-state index is 12.2. The van der Waals surface area contributed by atoms with Gasteiger partial charge in [-0.15, -0.1) is 11.3 Å². The molecule has 2 atom stereocenters. The zero-order valence-electron chi connectivity index (χ0n) is 11.1. The minimum atomic E-state index is -1.02. The molecule has 2 N–H and O–H groups in total. The predicted octanol–water partition coefficient (Wildman–Crippen LogP) is 1.05. The molecule has 0 saturated carbocycles. The third kappa shape index (κ3) is 3.78. The summed E-state index contributed by atoms with van der Waals surface area (Å²) in [5.41, 5.74) is 0.923. The Labute approximate surface area is 120 Å². The van der Waals surface area contributed by atoms with Crippen molar-refractivity contribution in [2.24, 2.45) is 0 Å². The number of amides is 1. The van der Waals surface area contributed by atoms with Gasteiger partial charge in [0.05, 0.1) is 23.6 Å². The third-order valence-corrected chi connectivity index (χ3v) is 4.11. The SMILES string of the molecule is Cc1ccsc1C(=O)N[C@@H]1COCC[C@@H]1OCC(=O)O. The minimum Gasteiger partial charge on any atom is -0.480 e. The number of nitrogens with one attached hydrogen (secondary N) is 1. The zero-order chi connectivity index (χ0) is 14.5. The molecular formula is C13H17NO5S. The lowest BCUT2D eigenvalue weighted by Crippen LogP contribution is -2.50. The monoisotopic (exact) mass is 299 g/mol. The highest BCUT2D eigenvalue weighted by Crippen LogP contribution is 2.17. The van der Waals surface area contributed by atoms with E-state index in [1.54, 1.807) is 0 Å². The van der Waals surface area contributed by atoms with Gasteiger partial charge in [-0.1, -0.05) is 0 Å². The van der Waals surface area contributed by atoms with Crippen molar-refractivity contribution in [3.63, 3.8) is 0 Å². The molecular weight excluding hydrogens is 282 g/mol. The summed E-state index contributed by atoms with van der Waals surface area (Å²) in [5, 5.41) is 13.4. The summed E-state index contributed by atoms with van der Waals surface area (Å²) < 4.78 is 10.6. The molecule has 110 valence electrons. The molecule has 6 nitrogen and oxygen atoms in total. The van der Waals surface area contributed by atoms with Crippen molar-refractivity contribution in [2.75, 3.05) is 19.8 Å². The van der Waals surface area contributed by atoms with E-state index in [4.69, 9.17) is 14.6 Å². The smallest absolute Gasteiger partial charge is 0.329 e. The second-order valence-electron chi connectivity index (χ2n) is 4.62. The molecule has 0 aliphatic carbocycles. The fourth-order valence-corrected chi connectivity index (χ4v) is 2.90. The van der Waals surface area contributed by atoms with E-state index < -0.39 is 5.97 Å². The number of carbonyl (C=O) groups excluding carboxylic acids is 1. The maximum absolute atomic E-state index is 12.2. The van der Waals surface area contributed by atoms with Crippen LogP contribution < -0.4 is 5.32 Å². The molecule has 1 aliphatic rings. The fraction of sp³-hybridized carbons (Fsp3) is 0.538. The van der Waals surface area contributed by atoms with Crippen LogP contribution in [0.2, 0.25) is 0 Å². The number of ether oxygens (including phenoxy) is 2. The lowest BCUT2D eigenvalue weighted by atomic mass is 10.1. The van der Waals surface area contributed by atoms with E-state index in [0.717, 1.165) is 5.56 Å². The topological polar surface area (TPSA) is 84.9 Å². The second kappa shape index (κ2) is 6.83. The van der Waals surface area contributed by atoms with Crippen LogP contribution in [0.15, 0.2) is 11.4 Å². The summed E-state index contributed by atoms with van der Waals surface area (Å²) in [6.07, 6.45) is 0.242. The number of aliphatic carboxylic acids is 1. The summed E-state index contributed by atoms with van der Waals surface area (Å²) in [6, 6.07) is 1.56. The molecule has 0 unspecified atom stereocenters. The minimum absolute atomic E-state index is 0.170. The van der Waals surface area contributed by atoms with Crippen molar-refractivity contribution in [1.82, 2.24) is 5.32 Å². The fourth-order valence-electron chi connectivity index (χ4n) is 2.07. The molecule has 0 radical (unpaired) electrons. The highest BCUT2D eigenvalue weighted by Gasteiger charge is 2.29. The van der Waals surface area contributed by atoms with E-state index in [1.165, 1.54) is 11.3 Å². The molecule has 1 amide bonds. The van der Waals surface area contributed by atoms with E-state index >= 15 is 0 Å². The number of carbonyl (C=O) groups is 2. The predicted molar refractivity (Wildman–Crippen MR) is 73.1 cm³/mol. The lowest BCUT2D eigenvalue weighted by molar-refractivity contribution is -0.147. The molecule has 0 bridgehead atoms. The number of aryl methyl sites for hydroxylation is 1. The summed E-state index contributed by atoms with van der Waals surface area (Å²) in [6.45, 7) is 2.35. The van der Waals surface area contributed by atoms with Crippen molar-refractivity contribution in [2.45, 2.75) is 25.5 Å². The average molecular weight is 299 g/mol. The molecule has 0 aromatic carbocycles. The van der Waals surface area contributed by atoms with Crippen LogP contribution >= 0.6 is 11.3 Å². The summed E-state index contributed by atoms with van der Waals surface area (Å²) >= 11 is 1.38. The number of hydrogen-bond donors (Lipinski definition) is 2. The molecule has 7 heteroatoms. The third-order valence-electron chi connectivity index (χ3n) is 3.10. The first-order valence-electron chi connectivity index (χ1n) is 6.34. The van der Waals surface area contributed by atoms with Gasteiger partial charge in [-0.05, 0) is 30.4 Å². The Hall–Kier alpha value is -1.44. The Bertz CT molecular complexity index is 487. The van der Waals surface area contributed by atoms with Gasteiger partial charge in [0.1, 0.15) is 6.61 Å². The molecule has 1 saturated heterocycles. The van der Waals surface area contributed by atoms with Gasteiger partial charge in [0, 0.05) is 6.61 Å². The highest BCUT2D eigenvalue weighted by atomic mass is 32.1. The molecule has 0 spiro atoms. The molecule has 20 heavy (non-hydrogen) atoms. The molecule has 1 aliphatic heterocycles. The summed E-state index contributed by atoms with van der Waals surface area (Å²) in [4.78, 5) is 23.4. The van der Waals surface area contributed by atoms with Gasteiger partial charge < -0.3 is 19.9 Å². The molecule has 2 rings (SSSR count). The first-order chi connectivity index (χ1) is 9.58. The summed E-state index contributed by atoms with van der Waals surface area (Å²) in [7, 11) is 0. The quantitative estimate of drug-likeness (QED) is 0.849. The molecule has 1 aromatic heterocycles. The first kappa shape index (κ1) is 15.0. The van der Waals surface area contributed by atoms with E-state index in [9.17, 15) is 9.59 Å². The average Bonchev–Trinajstić information content (AvgIpc) is 2.84. The maximum Gasteiger partial charge on any atom is 0.329 e. The normalized spacial score (nSPS) is 22.4. The Morgan fingerprint density at radius 2 is 2.40 bits per heavy atom. The van der Waals surface area contributed by atoms with Gasteiger partial charge >= 0.3 is 5.97 Å². The van der Waals surface area contributed by atoms with Crippen LogP contribution in [0.1, 0.15) is 21.7 Å². The van der Waals surface area contributed by atoms with Crippen LogP contribution in [-0.2, 0) is 14.3 Å². The van der Waals surface area contributed by atoms with Crippen LogP contribution in [0.25, 0.3) is 0 Å². The second-order valence-corrected chi connectivity index (χ2v) is 5.54. The van der Waals surface area contributed by atoms with Crippen molar-refractivity contribution in [3.8, 4) is 0 Å². The standard InChI is InChI=1S/C13H17NO5S/c1-8-3-5-20-12(8)13(17)14-9-6-18-4-2-10(9)19-7-11(15)16/h3,5,9-10H,2,4,6-7H2,1H3,(H,14,17)(H,15,16)/t9-,10+/m1/s1. The lowest BCUT2D eigenvalue weighted by Gasteiger charge is -2.31. The van der Waals surface area contributed by atoms with E-state index in [2.05, 4.69) is 5.32 Å². The Kier molecular flexibility index (Phi) is 5.11. The highest BCUT2D eigenvalue weighted by molar-refractivity contribution is 7.12. The summed E-state index contributed by atoms with van der Waals surface area (Å²) in [5.74, 6) is -1.19. The largest absolute Gasteiger partial charge is 0.480 e. The van der Waals surface area contributed by atoms with E-state index in [0.29, 0.717) is 24.5 Å². The van der Waals surface area contributed by atoms with Gasteiger partial charge in [-0.25, -0.2) is 4.79 Å². The Balaban J connectivity index is 1.96. The van der Waals surface area contributed by atoms with Crippen molar-refractivity contribution in [1.29, 1.82) is 0 Å². The number of carboxylic acids is 1. The van der Waals surface area contributed by atoms with Gasteiger partial charge in [-0.3, -0.25) is 4.79 Å².